The van der Waals surface area contributed by atoms with Crippen molar-refractivity contribution in [2.45, 2.75) is 70.6 Å². The van der Waals surface area contributed by atoms with Crippen molar-refractivity contribution in [3.05, 3.63) is 78.4 Å². The van der Waals surface area contributed by atoms with E-state index < -0.39 is 17.6 Å². The van der Waals surface area contributed by atoms with Crippen LogP contribution in [0.25, 0.3) is 11.3 Å². The number of hydrogen-bond donors (Lipinski definition) is 0. The Morgan fingerprint density at radius 2 is 1.78 bits per heavy atom. The van der Waals surface area contributed by atoms with Gasteiger partial charge < -0.3 is 28.7 Å². The van der Waals surface area contributed by atoms with Gasteiger partial charge in [0.05, 0.1) is 44.5 Å². The molecule has 2 aromatic carbocycles. The third-order valence-electron chi connectivity index (χ3n) is 9.88. The van der Waals surface area contributed by atoms with Crippen molar-refractivity contribution in [3.63, 3.8) is 0 Å². The Balaban J connectivity index is 1.31. The number of allylic oxidation sites excluding steroid dienone is 2. The van der Waals surface area contributed by atoms with Crippen molar-refractivity contribution < 1.29 is 33.3 Å². The molecule has 11 nitrogen and oxygen atoms in total. The first-order valence-corrected chi connectivity index (χ1v) is 17.5. The molecule has 4 atom stereocenters. The summed E-state index contributed by atoms with van der Waals surface area (Å²) < 4.78 is 22.7. The quantitative estimate of drug-likeness (QED) is 0.190. The SMILES string of the molecule is CCOC(=O)[C@]12CC(=O)[C@@H]3C[C@@H](Oc4cc(-c5ccccc5)nc(OC)n4)CN3C(=O)N(Cc3ccc(OC)cc3)CCCCC/C=C\[C@@H]1C2. The van der Waals surface area contributed by atoms with Crippen molar-refractivity contribution in [2.24, 2.45) is 11.3 Å². The Kier molecular flexibility index (Phi) is 11.0. The fourth-order valence-corrected chi connectivity index (χ4v) is 7.06. The monoisotopic (exact) mass is 682 g/mol. The van der Waals surface area contributed by atoms with E-state index in [2.05, 4.69) is 22.1 Å². The fourth-order valence-electron chi connectivity index (χ4n) is 7.06. The summed E-state index contributed by atoms with van der Waals surface area (Å²) in [5.41, 5.74) is 1.54. The largest absolute Gasteiger partial charge is 0.497 e. The molecule has 3 heterocycles. The Hall–Kier alpha value is -4.93. The molecule has 264 valence electrons. The van der Waals surface area contributed by atoms with Gasteiger partial charge in [-0.05, 0) is 56.2 Å². The van der Waals surface area contributed by atoms with Crippen molar-refractivity contribution in [1.82, 2.24) is 19.8 Å². The molecular weight excluding hydrogens is 636 g/mol. The zero-order chi connectivity index (χ0) is 35.1. The second-order valence-corrected chi connectivity index (χ2v) is 13.2. The maximum Gasteiger partial charge on any atom is 0.321 e. The summed E-state index contributed by atoms with van der Waals surface area (Å²) in [4.78, 5) is 54.6. The summed E-state index contributed by atoms with van der Waals surface area (Å²) in [5.74, 6) is 0.441. The average molecular weight is 683 g/mol. The summed E-state index contributed by atoms with van der Waals surface area (Å²) in [6.07, 6.45) is 8.09. The van der Waals surface area contributed by atoms with Gasteiger partial charge in [-0.3, -0.25) is 9.59 Å². The normalized spacial score (nSPS) is 24.7. The number of ether oxygens (including phenoxy) is 4. The van der Waals surface area contributed by atoms with Crippen LogP contribution in [-0.4, -0.2) is 83.6 Å². The van der Waals surface area contributed by atoms with Crippen molar-refractivity contribution >= 4 is 17.8 Å². The van der Waals surface area contributed by atoms with Gasteiger partial charge in [-0.2, -0.15) is 9.97 Å². The number of esters is 1. The van der Waals surface area contributed by atoms with Crippen LogP contribution in [0.5, 0.6) is 17.6 Å². The lowest BCUT2D eigenvalue weighted by atomic mass is 9.92. The first kappa shape index (κ1) is 34.9. The molecule has 2 fully saturated rings. The minimum absolute atomic E-state index is 0.0000281. The third kappa shape index (κ3) is 7.93. The lowest BCUT2D eigenvalue weighted by Crippen LogP contribution is -2.49. The second-order valence-electron chi connectivity index (χ2n) is 13.2. The number of ketones is 1. The van der Waals surface area contributed by atoms with Crippen LogP contribution in [0.3, 0.4) is 0 Å². The number of carbonyl (C=O) groups is 3. The zero-order valence-corrected chi connectivity index (χ0v) is 29.1. The van der Waals surface area contributed by atoms with Crippen molar-refractivity contribution in [3.8, 4) is 28.9 Å². The number of Topliss-reactive ketones (excluding diaryl/α,β-unsaturated/α-hetero) is 1. The maximum atomic E-state index is 14.6. The van der Waals surface area contributed by atoms with Crippen molar-refractivity contribution in [1.29, 1.82) is 0 Å². The number of carbonyl (C=O) groups excluding carboxylic acids is 3. The van der Waals surface area contributed by atoms with Gasteiger partial charge in [-0.15, -0.1) is 0 Å². The summed E-state index contributed by atoms with van der Waals surface area (Å²) in [6.45, 7) is 3.11. The number of fused-ring (bicyclic) bond motifs is 2. The lowest BCUT2D eigenvalue weighted by molar-refractivity contribution is -0.152. The van der Waals surface area contributed by atoms with Gasteiger partial charge in [0, 0.05) is 37.6 Å². The van der Waals surface area contributed by atoms with Gasteiger partial charge >= 0.3 is 18.0 Å². The molecule has 0 N–H and O–H groups in total. The van der Waals surface area contributed by atoms with E-state index in [1.165, 1.54) is 7.11 Å². The third-order valence-corrected chi connectivity index (χ3v) is 9.88. The molecule has 50 heavy (non-hydrogen) atoms. The molecule has 1 aromatic heterocycles. The summed E-state index contributed by atoms with van der Waals surface area (Å²) in [5, 5.41) is 0. The minimum Gasteiger partial charge on any atom is -0.497 e. The molecule has 0 radical (unpaired) electrons. The van der Waals surface area contributed by atoms with Crippen LogP contribution in [0.15, 0.2) is 72.8 Å². The van der Waals surface area contributed by atoms with Gasteiger partial charge in [-0.1, -0.05) is 61.0 Å². The smallest absolute Gasteiger partial charge is 0.321 e. The number of nitrogens with zero attached hydrogens (tertiary/aromatic N) is 4. The molecule has 1 aliphatic carbocycles. The van der Waals surface area contributed by atoms with E-state index in [-0.39, 0.29) is 61.6 Å². The maximum absolute atomic E-state index is 14.6. The molecule has 0 unspecified atom stereocenters. The van der Waals surface area contributed by atoms with Crippen LogP contribution in [0, 0.1) is 11.3 Å². The fraction of sp³-hybridized carbons (Fsp3) is 0.462. The van der Waals surface area contributed by atoms with E-state index in [1.54, 1.807) is 25.0 Å². The number of hydrogen-bond acceptors (Lipinski definition) is 9. The number of rotatable bonds is 9. The molecule has 0 spiro atoms. The number of aromatic nitrogens is 2. The summed E-state index contributed by atoms with van der Waals surface area (Å²) in [6, 6.07) is 18.2. The Bertz CT molecular complexity index is 1680. The van der Waals surface area contributed by atoms with Gasteiger partial charge in [0.2, 0.25) is 5.88 Å². The number of urea groups is 1. The second kappa shape index (κ2) is 15.7. The van der Waals surface area contributed by atoms with Crippen LogP contribution in [0.4, 0.5) is 4.79 Å². The van der Waals surface area contributed by atoms with E-state index in [9.17, 15) is 14.4 Å². The van der Waals surface area contributed by atoms with Gasteiger partial charge in [0.15, 0.2) is 5.78 Å². The van der Waals surface area contributed by atoms with Gasteiger partial charge in [-0.25, -0.2) is 4.79 Å². The summed E-state index contributed by atoms with van der Waals surface area (Å²) >= 11 is 0. The van der Waals surface area contributed by atoms with Crippen LogP contribution in [0.1, 0.15) is 57.4 Å². The molecular formula is C39H46N4O7. The average Bonchev–Trinajstić information content (AvgIpc) is 3.67. The number of methoxy groups -OCH3 is 2. The molecule has 3 aliphatic rings. The topological polar surface area (TPSA) is 120 Å². The standard InChI is InChI=1S/C39H46N4O7/c1-4-49-36(45)39-23-29(39)15-11-6-5-7-12-20-42(25-27-16-18-30(47-2)19-17-27)38(46)43-26-31(21-33(43)34(44)24-39)50-35-22-32(40-37(41-35)48-3)28-13-9-8-10-14-28/h8-11,13-19,22,29,31,33H,4-7,12,20-21,23-26H2,1-3H3/b15-11-/t29-,31-,33+,39-/m1/s1. The van der Waals surface area contributed by atoms with Crippen LogP contribution in [0.2, 0.25) is 0 Å². The first-order valence-electron chi connectivity index (χ1n) is 17.5. The predicted octanol–water partition coefficient (Wildman–Crippen LogP) is 6.26. The van der Waals surface area contributed by atoms with E-state index in [4.69, 9.17) is 18.9 Å². The Morgan fingerprint density at radius 1 is 0.980 bits per heavy atom. The molecule has 6 rings (SSSR count). The van der Waals surface area contributed by atoms with E-state index >= 15 is 0 Å². The predicted molar refractivity (Wildman–Crippen MR) is 187 cm³/mol. The van der Waals surface area contributed by atoms with Gasteiger partial charge in [0.1, 0.15) is 11.9 Å². The molecule has 1 saturated heterocycles. The highest BCUT2D eigenvalue weighted by molar-refractivity contribution is 5.94. The highest BCUT2D eigenvalue weighted by atomic mass is 16.5. The molecule has 11 heteroatoms. The zero-order valence-electron chi connectivity index (χ0n) is 29.1. The minimum atomic E-state index is -0.912. The highest BCUT2D eigenvalue weighted by Gasteiger charge is 2.61. The van der Waals surface area contributed by atoms with Crippen LogP contribution >= 0.6 is 0 Å². The Labute approximate surface area is 293 Å². The molecule has 2 amide bonds. The number of amides is 2. The van der Waals surface area contributed by atoms with E-state index in [1.807, 2.05) is 59.5 Å². The van der Waals surface area contributed by atoms with Crippen LogP contribution in [-0.2, 0) is 20.9 Å². The Morgan fingerprint density at radius 3 is 2.52 bits per heavy atom. The molecule has 1 saturated carbocycles. The highest BCUT2D eigenvalue weighted by Crippen LogP contribution is 2.57. The van der Waals surface area contributed by atoms with Gasteiger partial charge in [0.25, 0.3) is 0 Å². The van der Waals surface area contributed by atoms with Crippen molar-refractivity contribution in [2.75, 3.05) is 33.9 Å². The molecule has 3 aromatic rings. The number of benzene rings is 2. The van der Waals surface area contributed by atoms with Crippen LogP contribution < -0.4 is 14.2 Å². The van der Waals surface area contributed by atoms with E-state index in [0.717, 1.165) is 42.6 Å². The summed E-state index contributed by atoms with van der Waals surface area (Å²) in [7, 11) is 3.12. The van der Waals surface area contributed by atoms with E-state index in [0.29, 0.717) is 25.2 Å². The molecule has 0 bridgehead atoms. The molecule has 2 aliphatic heterocycles. The first-order chi connectivity index (χ1) is 24.3. The lowest BCUT2D eigenvalue weighted by Gasteiger charge is -2.32.